The molecule has 13 heavy (non-hydrogen) atoms. The first-order valence-electron chi connectivity index (χ1n) is 4.24. The van der Waals surface area contributed by atoms with Gasteiger partial charge in [-0.1, -0.05) is 12.1 Å². The van der Waals surface area contributed by atoms with Crippen molar-refractivity contribution in [1.82, 2.24) is 0 Å². The van der Waals surface area contributed by atoms with E-state index in [4.69, 9.17) is 10.5 Å². The molecule has 0 saturated heterocycles. The summed E-state index contributed by atoms with van der Waals surface area (Å²) in [5, 5.41) is 0. The van der Waals surface area contributed by atoms with E-state index in [2.05, 4.69) is 0 Å². The quantitative estimate of drug-likeness (QED) is 0.752. The number of benzene rings is 1. The number of alkyl halides is 1. The maximum atomic E-state index is 12.9. The van der Waals surface area contributed by atoms with Gasteiger partial charge in [-0.2, -0.15) is 0 Å². The lowest BCUT2D eigenvalue weighted by molar-refractivity contribution is 0.412. The van der Waals surface area contributed by atoms with Crippen molar-refractivity contribution in [3.8, 4) is 5.75 Å². The standard InChI is InChI=1S/C10H12FNO/c1-13-8-4-2-7(3-5-8)10(12)6-9(10)11/h2-5,9H,6,12H2,1H3/t9-,10+/m1/s1. The molecule has 3 heteroatoms. The fourth-order valence-electron chi connectivity index (χ4n) is 1.44. The summed E-state index contributed by atoms with van der Waals surface area (Å²) in [5.74, 6) is 0.767. The molecule has 0 heterocycles. The molecule has 2 N–H and O–H groups in total. The number of hydrogen-bond donors (Lipinski definition) is 1. The van der Waals surface area contributed by atoms with Crippen LogP contribution >= 0.6 is 0 Å². The Bertz CT molecular complexity index is 311. The molecular formula is C10H12FNO. The highest BCUT2D eigenvalue weighted by Crippen LogP contribution is 2.45. The molecule has 1 fully saturated rings. The Balaban J connectivity index is 2.24. The fraction of sp³-hybridized carbons (Fsp3) is 0.400. The van der Waals surface area contributed by atoms with E-state index in [0.717, 1.165) is 11.3 Å². The molecule has 1 saturated carbocycles. The Morgan fingerprint density at radius 3 is 2.38 bits per heavy atom. The molecule has 0 aromatic heterocycles. The Morgan fingerprint density at radius 1 is 1.46 bits per heavy atom. The molecule has 2 atom stereocenters. The predicted molar refractivity (Wildman–Crippen MR) is 48.4 cm³/mol. The van der Waals surface area contributed by atoms with Crippen molar-refractivity contribution in [2.75, 3.05) is 7.11 Å². The molecule has 1 aromatic rings. The first-order chi connectivity index (χ1) is 6.16. The van der Waals surface area contributed by atoms with Crippen LogP contribution in [-0.2, 0) is 5.54 Å². The largest absolute Gasteiger partial charge is 0.497 e. The van der Waals surface area contributed by atoms with Crippen LogP contribution in [0, 0.1) is 0 Å². The summed E-state index contributed by atoms with van der Waals surface area (Å²) in [5.41, 5.74) is 5.91. The van der Waals surface area contributed by atoms with E-state index in [9.17, 15) is 4.39 Å². The van der Waals surface area contributed by atoms with E-state index in [1.165, 1.54) is 0 Å². The van der Waals surface area contributed by atoms with Crippen LogP contribution in [0.1, 0.15) is 12.0 Å². The zero-order valence-corrected chi connectivity index (χ0v) is 7.46. The van der Waals surface area contributed by atoms with Crippen LogP contribution in [0.2, 0.25) is 0 Å². The molecule has 0 aliphatic heterocycles. The number of hydrogen-bond acceptors (Lipinski definition) is 2. The molecule has 70 valence electrons. The van der Waals surface area contributed by atoms with E-state index in [1.54, 1.807) is 19.2 Å². The number of nitrogens with two attached hydrogens (primary N) is 1. The van der Waals surface area contributed by atoms with Gasteiger partial charge in [-0.05, 0) is 17.7 Å². The lowest BCUT2D eigenvalue weighted by Crippen LogP contribution is -2.22. The number of methoxy groups -OCH3 is 1. The normalized spacial score (nSPS) is 31.5. The van der Waals surface area contributed by atoms with Gasteiger partial charge in [0.1, 0.15) is 11.9 Å². The number of rotatable bonds is 2. The molecule has 2 rings (SSSR count). The summed E-state index contributed by atoms with van der Waals surface area (Å²) < 4.78 is 17.9. The average molecular weight is 181 g/mol. The molecule has 0 radical (unpaired) electrons. The number of ether oxygens (including phenoxy) is 1. The smallest absolute Gasteiger partial charge is 0.124 e. The first kappa shape index (κ1) is 8.51. The zero-order chi connectivity index (χ0) is 9.47. The SMILES string of the molecule is COc1ccc([C@@]2(N)C[C@H]2F)cc1. The average Bonchev–Trinajstić information content (AvgIpc) is 2.76. The Morgan fingerprint density at radius 2 is 2.00 bits per heavy atom. The summed E-state index contributed by atoms with van der Waals surface area (Å²) in [4.78, 5) is 0. The molecular weight excluding hydrogens is 169 g/mol. The topological polar surface area (TPSA) is 35.2 Å². The maximum Gasteiger partial charge on any atom is 0.124 e. The third kappa shape index (κ3) is 1.29. The molecule has 1 aliphatic rings. The second-order valence-corrected chi connectivity index (χ2v) is 3.44. The van der Waals surface area contributed by atoms with E-state index in [1.807, 2.05) is 12.1 Å². The lowest BCUT2D eigenvalue weighted by Gasteiger charge is -2.09. The van der Waals surface area contributed by atoms with Crippen molar-refractivity contribution >= 4 is 0 Å². The van der Waals surface area contributed by atoms with Gasteiger partial charge in [-0.3, -0.25) is 0 Å². The summed E-state index contributed by atoms with van der Waals surface area (Å²) >= 11 is 0. The van der Waals surface area contributed by atoms with Crippen LogP contribution in [0.25, 0.3) is 0 Å². The third-order valence-corrected chi connectivity index (χ3v) is 2.54. The molecule has 1 aromatic carbocycles. The highest BCUT2D eigenvalue weighted by Gasteiger charge is 2.53. The molecule has 1 aliphatic carbocycles. The van der Waals surface area contributed by atoms with Gasteiger partial charge >= 0.3 is 0 Å². The number of halogens is 1. The summed E-state index contributed by atoms with van der Waals surface area (Å²) in [7, 11) is 1.60. The van der Waals surface area contributed by atoms with E-state index in [0.29, 0.717) is 6.42 Å². The van der Waals surface area contributed by atoms with Crippen molar-refractivity contribution < 1.29 is 9.13 Å². The molecule has 2 nitrogen and oxygen atoms in total. The minimum atomic E-state index is -0.888. The van der Waals surface area contributed by atoms with Crippen LogP contribution in [0.5, 0.6) is 5.75 Å². The van der Waals surface area contributed by atoms with Gasteiger partial charge in [0, 0.05) is 6.42 Å². The van der Waals surface area contributed by atoms with Crippen molar-refractivity contribution in [3.63, 3.8) is 0 Å². The second-order valence-electron chi connectivity index (χ2n) is 3.44. The second kappa shape index (κ2) is 2.70. The van der Waals surface area contributed by atoms with Crippen LogP contribution in [-0.4, -0.2) is 13.3 Å². The molecule has 0 spiro atoms. The van der Waals surface area contributed by atoms with Gasteiger partial charge in [0.2, 0.25) is 0 Å². The van der Waals surface area contributed by atoms with Crippen LogP contribution in [0.3, 0.4) is 0 Å². The fourth-order valence-corrected chi connectivity index (χ4v) is 1.44. The van der Waals surface area contributed by atoms with Gasteiger partial charge in [0.05, 0.1) is 12.6 Å². The van der Waals surface area contributed by atoms with E-state index >= 15 is 0 Å². The van der Waals surface area contributed by atoms with Crippen LogP contribution in [0.4, 0.5) is 4.39 Å². The summed E-state index contributed by atoms with van der Waals surface area (Å²) in [6, 6.07) is 7.24. The maximum absolute atomic E-state index is 12.9. The van der Waals surface area contributed by atoms with Crippen molar-refractivity contribution in [2.45, 2.75) is 18.1 Å². The van der Waals surface area contributed by atoms with Crippen molar-refractivity contribution in [1.29, 1.82) is 0 Å². The highest BCUT2D eigenvalue weighted by atomic mass is 19.1. The Labute approximate surface area is 76.5 Å². The van der Waals surface area contributed by atoms with Gasteiger partial charge < -0.3 is 10.5 Å². The van der Waals surface area contributed by atoms with Crippen molar-refractivity contribution in [3.05, 3.63) is 29.8 Å². The lowest BCUT2D eigenvalue weighted by atomic mass is 10.1. The Kier molecular flexibility index (Phi) is 1.77. The highest BCUT2D eigenvalue weighted by molar-refractivity contribution is 5.37. The van der Waals surface area contributed by atoms with E-state index < -0.39 is 11.7 Å². The third-order valence-electron chi connectivity index (χ3n) is 2.54. The van der Waals surface area contributed by atoms with Gasteiger partial charge in [-0.15, -0.1) is 0 Å². The summed E-state index contributed by atoms with van der Waals surface area (Å²) in [6.45, 7) is 0. The zero-order valence-electron chi connectivity index (χ0n) is 7.46. The van der Waals surface area contributed by atoms with E-state index in [-0.39, 0.29) is 0 Å². The first-order valence-corrected chi connectivity index (χ1v) is 4.24. The van der Waals surface area contributed by atoms with Crippen molar-refractivity contribution in [2.24, 2.45) is 5.73 Å². The minimum Gasteiger partial charge on any atom is -0.497 e. The van der Waals surface area contributed by atoms with Crippen LogP contribution < -0.4 is 10.5 Å². The Hall–Kier alpha value is -1.09. The van der Waals surface area contributed by atoms with Gasteiger partial charge in [0.25, 0.3) is 0 Å². The molecule has 0 unspecified atom stereocenters. The van der Waals surface area contributed by atoms with Gasteiger partial charge in [-0.25, -0.2) is 4.39 Å². The summed E-state index contributed by atoms with van der Waals surface area (Å²) in [6.07, 6.45) is -0.458. The monoisotopic (exact) mass is 181 g/mol. The van der Waals surface area contributed by atoms with Crippen LogP contribution in [0.15, 0.2) is 24.3 Å². The minimum absolute atomic E-state index is 0.430. The molecule has 0 bridgehead atoms. The predicted octanol–water partition coefficient (Wildman–Crippen LogP) is 1.59. The van der Waals surface area contributed by atoms with Gasteiger partial charge in [0.15, 0.2) is 0 Å². The molecule has 0 amide bonds.